The molecule has 134 valence electrons. The first-order valence-corrected chi connectivity index (χ1v) is 9.30. The lowest BCUT2D eigenvalue weighted by atomic mass is 9.86. The van der Waals surface area contributed by atoms with Gasteiger partial charge in [-0.1, -0.05) is 31.9 Å². The van der Waals surface area contributed by atoms with E-state index in [1.54, 1.807) is 10.9 Å². The number of benzene rings is 1. The summed E-state index contributed by atoms with van der Waals surface area (Å²) in [6.45, 7) is 4.69. The summed E-state index contributed by atoms with van der Waals surface area (Å²) in [5.41, 5.74) is 1.73. The van der Waals surface area contributed by atoms with Crippen molar-refractivity contribution in [1.29, 1.82) is 0 Å². The molecule has 0 unspecified atom stereocenters. The minimum absolute atomic E-state index is 0.0324. The van der Waals surface area contributed by atoms with Crippen molar-refractivity contribution in [3.05, 3.63) is 40.4 Å². The molecule has 0 saturated heterocycles. The molecule has 25 heavy (non-hydrogen) atoms. The Morgan fingerprint density at radius 2 is 2.12 bits per heavy atom. The van der Waals surface area contributed by atoms with Crippen LogP contribution >= 0.6 is 0 Å². The van der Waals surface area contributed by atoms with Crippen molar-refractivity contribution in [3.63, 3.8) is 0 Å². The third-order valence-corrected chi connectivity index (χ3v) is 5.32. The van der Waals surface area contributed by atoms with Gasteiger partial charge < -0.3 is 5.32 Å². The van der Waals surface area contributed by atoms with Crippen molar-refractivity contribution in [2.24, 2.45) is 5.92 Å². The van der Waals surface area contributed by atoms with Crippen molar-refractivity contribution < 1.29 is 4.79 Å². The highest BCUT2D eigenvalue weighted by molar-refractivity contribution is 5.80. The van der Waals surface area contributed by atoms with Crippen LogP contribution in [0.2, 0.25) is 0 Å². The predicted molar refractivity (Wildman–Crippen MR) is 99.5 cm³/mol. The Hall–Kier alpha value is -2.17. The van der Waals surface area contributed by atoms with E-state index >= 15 is 0 Å². The first-order valence-electron chi connectivity index (χ1n) is 9.30. The summed E-state index contributed by atoms with van der Waals surface area (Å²) in [4.78, 5) is 29.1. The van der Waals surface area contributed by atoms with E-state index in [9.17, 15) is 9.59 Å². The number of fused-ring (bicyclic) bond motifs is 1. The average molecular weight is 341 g/mol. The number of nitrogens with one attached hydrogen (secondary N) is 1. The van der Waals surface area contributed by atoms with E-state index < -0.39 is 0 Å². The Morgan fingerprint density at radius 3 is 2.92 bits per heavy atom. The number of hydrogen-bond donors (Lipinski definition) is 1. The van der Waals surface area contributed by atoms with Crippen LogP contribution in [0.5, 0.6) is 0 Å². The maximum absolute atomic E-state index is 12.5. The zero-order valence-electron chi connectivity index (χ0n) is 15.1. The second kappa shape index (κ2) is 7.81. The summed E-state index contributed by atoms with van der Waals surface area (Å²) in [5, 5.41) is 3.81. The van der Waals surface area contributed by atoms with E-state index in [0.717, 1.165) is 17.5 Å². The standard InChI is InChI=1S/C20H27N3O2/c1-14-7-3-4-10-17(14)22-18(24)11-6-12-23-13-21-19-15(2)8-5-9-16(19)20(23)25/h5,8-9,13-14,17H,3-4,6-7,10-12H2,1-2H3,(H,22,24)/t14-,17-/m1/s1. The summed E-state index contributed by atoms with van der Waals surface area (Å²) < 4.78 is 1.61. The van der Waals surface area contributed by atoms with Gasteiger partial charge in [-0.3, -0.25) is 14.2 Å². The highest BCUT2D eigenvalue weighted by Gasteiger charge is 2.22. The first-order chi connectivity index (χ1) is 12.1. The van der Waals surface area contributed by atoms with E-state index in [1.807, 2.05) is 25.1 Å². The van der Waals surface area contributed by atoms with Crippen LogP contribution in [0.3, 0.4) is 0 Å². The second-order valence-electron chi connectivity index (χ2n) is 7.25. The number of amides is 1. The van der Waals surface area contributed by atoms with E-state index in [-0.39, 0.29) is 11.5 Å². The molecule has 1 heterocycles. The van der Waals surface area contributed by atoms with Crippen LogP contribution in [0.4, 0.5) is 0 Å². The Balaban J connectivity index is 1.57. The zero-order chi connectivity index (χ0) is 17.8. The molecule has 1 aliphatic carbocycles. The van der Waals surface area contributed by atoms with Crippen LogP contribution in [-0.4, -0.2) is 21.5 Å². The summed E-state index contributed by atoms with van der Waals surface area (Å²) in [5.74, 6) is 0.657. The van der Waals surface area contributed by atoms with Crippen molar-refractivity contribution in [1.82, 2.24) is 14.9 Å². The van der Waals surface area contributed by atoms with E-state index in [2.05, 4.69) is 17.2 Å². The summed E-state index contributed by atoms with van der Waals surface area (Å²) in [6.07, 6.45) is 7.44. The minimum Gasteiger partial charge on any atom is -0.353 e. The van der Waals surface area contributed by atoms with Gasteiger partial charge in [0.2, 0.25) is 5.91 Å². The number of nitrogens with zero attached hydrogens (tertiary/aromatic N) is 2. The van der Waals surface area contributed by atoms with Crippen LogP contribution in [-0.2, 0) is 11.3 Å². The monoisotopic (exact) mass is 341 g/mol. The lowest BCUT2D eigenvalue weighted by molar-refractivity contribution is -0.122. The van der Waals surface area contributed by atoms with Crippen molar-refractivity contribution >= 4 is 16.8 Å². The van der Waals surface area contributed by atoms with Gasteiger partial charge in [-0.2, -0.15) is 0 Å². The fraction of sp³-hybridized carbons (Fsp3) is 0.550. The van der Waals surface area contributed by atoms with Gasteiger partial charge in [0.15, 0.2) is 0 Å². The molecule has 3 rings (SSSR count). The summed E-state index contributed by atoms with van der Waals surface area (Å²) in [6, 6.07) is 5.96. The molecule has 1 fully saturated rings. The predicted octanol–water partition coefficient (Wildman–Crippen LogP) is 3.18. The molecule has 2 atom stereocenters. The molecular formula is C20H27N3O2. The lowest BCUT2D eigenvalue weighted by Gasteiger charge is -2.29. The number of para-hydroxylation sites is 1. The fourth-order valence-electron chi connectivity index (χ4n) is 3.72. The SMILES string of the molecule is Cc1cccc2c(=O)n(CCCC(=O)N[C@@H]3CCCC[C@H]3C)cnc12. The number of aromatic nitrogens is 2. The molecule has 0 radical (unpaired) electrons. The van der Waals surface area contributed by atoms with Gasteiger partial charge in [-0.25, -0.2) is 4.98 Å². The van der Waals surface area contributed by atoms with E-state index in [4.69, 9.17) is 0 Å². The van der Waals surface area contributed by atoms with Crippen LogP contribution < -0.4 is 10.9 Å². The van der Waals surface area contributed by atoms with Gasteiger partial charge in [-0.15, -0.1) is 0 Å². The molecule has 0 aliphatic heterocycles. The second-order valence-corrected chi connectivity index (χ2v) is 7.25. The number of carbonyl (C=O) groups is 1. The van der Waals surface area contributed by atoms with Gasteiger partial charge >= 0.3 is 0 Å². The topological polar surface area (TPSA) is 64.0 Å². The Morgan fingerprint density at radius 1 is 1.32 bits per heavy atom. The third kappa shape index (κ3) is 4.09. The average Bonchev–Trinajstić information content (AvgIpc) is 2.60. The highest BCUT2D eigenvalue weighted by atomic mass is 16.1. The third-order valence-electron chi connectivity index (χ3n) is 5.32. The van der Waals surface area contributed by atoms with Crippen LogP contribution in [0.1, 0.15) is 51.0 Å². The van der Waals surface area contributed by atoms with Gasteiger partial charge in [0.1, 0.15) is 0 Å². The van der Waals surface area contributed by atoms with E-state index in [0.29, 0.717) is 36.7 Å². The smallest absolute Gasteiger partial charge is 0.261 e. The molecule has 1 saturated carbocycles. The van der Waals surface area contributed by atoms with Crippen LogP contribution in [0.25, 0.3) is 10.9 Å². The van der Waals surface area contributed by atoms with Crippen molar-refractivity contribution in [2.75, 3.05) is 0 Å². The van der Waals surface area contributed by atoms with Gasteiger partial charge in [0.25, 0.3) is 5.56 Å². The van der Waals surface area contributed by atoms with Gasteiger partial charge in [0.05, 0.1) is 17.2 Å². The van der Waals surface area contributed by atoms with E-state index in [1.165, 1.54) is 19.3 Å². The molecule has 0 bridgehead atoms. The molecule has 2 aromatic rings. The Bertz CT molecular complexity index is 812. The maximum atomic E-state index is 12.5. The molecule has 1 N–H and O–H groups in total. The Kier molecular flexibility index (Phi) is 5.51. The molecule has 1 aliphatic rings. The lowest BCUT2D eigenvalue weighted by Crippen LogP contribution is -2.41. The Labute approximate surface area is 148 Å². The number of hydrogen-bond acceptors (Lipinski definition) is 3. The molecule has 5 heteroatoms. The number of carbonyl (C=O) groups excluding carboxylic acids is 1. The maximum Gasteiger partial charge on any atom is 0.261 e. The van der Waals surface area contributed by atoms with Gasteiger partial charge in [0, 0.05) is 19.0 Å². The molecular weight excluding hydrogens is 314 g/mol. The quantitative estimate of drug-likeness (QED) is 0.908. The first kappa shape index (κ1) is 17.6. The molecule has 1 aromatic heterocycles. The van der Waals surface area contributed by atoms with Crippen molar-refractivity contribution in [3.8, 4) is 0 Å². The molecule has 0 spiro atoms. The zero-order valence-corrected chi connectivity index (χ0v) is 15.1. The molecule has 5 nitrogen and oxygen atoms in total. The number of rotatable bonds is 5. The largest absolute Gasteiger partial charge is 0.353 e. The van der Waals surface area contributed by atoms with Gasteiger partial charge in [-0.05, 0) is 43.7 Å². The van der Waals surface area contributed by atoms with Crippen molar-refractivity contribution in [2.45, 2.75) is 65.0 Å². The van der Waals surface area contributed by atoms with Crippen LogP contribution in [0, 0.1) is 12.8 Å². The normalized spacial score (nSPS) is 20.6. The molecule has 1 aromatic carbocycles. The summed E-state index contributed by atoms with van der Waals surface area (Å²) >= 11 is 0. The summed E-state index contributed by atoms with van der Waals surface area (Å²) in [7, 11) is 0. The van der Waals surface area contributed by atoms with Crippen LogP contribution in [0.15, 0.2) is 29.3 Å². The molecule has 1 amide bonds. The number of aryl methyl sites for hydroxylation is 2. The fourth-order valence-corrected chi connectivity index (χ4v) is 3.72. The minimum atomic E-state index is -0.0324. The highest BCUT2D eigenvalue weighted by Crippen LogP contribution is 2.23.